The van der Waals surface area contributed by atoms with E-state index in [0.717, 1.165) is 5.56 Å². The number of sulfonamides is 1. The van der Waals surface area contributed by atoms with Crippen LogP contribution in [0.4, 0.5) is 5.13 Å². The Balaban J connectivity index is 1.59. The van der Waals surface area contributed by atoms with Gasteiger partial charge in [0, 0.05) is 28.7 Å². The number of hydrogen-bond donors (Lipinski definition) is 2. The van der Waals surface area contributed by atoms with Crippen LogP contribution in [0.2, 0.25) is 5.02 Å². The maximum absolute atomic E-state index is 12.3. The fraction of sp³-hybridized carbons (Fsp3) is 0.111. The van der Waals surface area contributed by atoms with Crippen molar-refractivity contribution in [2.24, 2.45) is 0 Å². The number of amides is 1. The molecular formula is C18H16ClN3O3S2. The Kier molecular flexibility index (Phi) is 6.10. The zero-order valence-electron chi connectivity index (χ0n) is 14.1. The van der Waals surface area contributed by atoms with Gasteiger partial charge in [-0.1, -0.05) is 29.8 Å². The van der Waals surface area contributed by atoms with E-state index < -0.39 is 10.0 Å². The zero-order chi connectivity index (χ0) is 19.3. The van der Waals surface area contributed by atoms with Crippen LogP contribution >= 0.6 is 22.9 Å². The van der Waals surface area contributed by atoms with Crippen LogP contribution in [-0.4, -0.2) is 25.9 Å². The Hall–Kier alpha value is -2.42. The lowest BCUT2D eigenvalue weighted by Gasteiger charge is -2.08. The highest BCUT2D eigenvalue weighted by atomic mass is 35.5. The maximum atomic E-state index is 12.3. The van der Waals surface area contributed by atoms with E-state index in [-0.39, 0.29) is 15.9 Å². The smallest absolute Gasteiger partial charge is 0.263 e. The van der Waals surface area contributed by atoms with Gasteiger partial charge in [-0.15, -0.1) is 11.3 Å². The molecule has 2 aromatic carbocycles. The Bertz CT molecular complexity index is 1020. The SMILES string of the molecule is O=C(NCCc1ccccc1Cl)c1ccc(S(=O)(=O)Nc2nccs2)cc1. The summed E-state index contributed by atoms with van der Waals surface area (Å²) in [7, 11) is -3.73. The Morgan fingerprint density at radius 2 is 1.85 bits per heavy atom. The predicted octanol–water partition coefficient (Wildman–Crippen LogP) is 3.57. The third kappa shape index (κ3) is 5.06. The van der Waals surface area contributed by atoms with Gasteiger partial charge in [-0.05, 0) is 42.3 Å². The number of rotatable bonds is 7. The van der Waals surface area contributed by atoms with E-state index in [1.807, 2.05) is 18.2 Å². The van der Waals surface area contributed by atoms with Crippen LogP contribution in [0.15, 0.2) is 65.0 Å². The number of carbonyl (C=O) groups is 1. The van der Waals surface area contributed by atoms with Gasteiger partial charge in [0.05, 0.1) is 4.90 Å². The highest BCUT2D eigenvalue weighted by molar-refractivity contribution is 7.93. The Morgan fingerprint density at radius 3 is 2.52 bits per heavy atom. The lowest BCUT2D eigenvalue weighted by Crippen LogP contribution is -2.25. The van der Waals surface area contributed by atoms with Gasteiger partial charge in [0.2, 0.25) is 0 Å². The number of nitrogens with zero attached hydrogens (tertiary/aromatic N) is 1. The average Bonchev–Trinajstić information content (AvgIpc) is 3.15. The van der Waals surface area contributed by atoms with E-state index in [1.54, 1.807) is 11.4 Å². The van der Waals surface area contributed by atoms with Crippen molar-refractivity contribution in [3.05, 3.63) is 76.3 Å². The monoisotopic (exact) mass is 421 g/mol. The number of hydrogen-bond acceptors (Lipinski definition) is 5. The van der Waals surface area contributed by atoms with Gasteiger partial charge in [-0.25, -0.2) is 13.4 Å². The lowest BCUT2D eigenvalue weighted by molar-refractivity contribution is 0.0954. The molecule has 0 fully saturated rings. The summed E-state index contributed by atoms with van der Waals surface area (Å²) in [4.78, 5) is 16.2. The second-order valence-corrected chi connectivity index (χ2v) is 8.55. The first-order valence-electron chi connectivity index (χ1n) is 8.00. The third-order valence-electron chi connectivity index (χ3n) is 3.72. The first kappa shape index (κ1) is 19.3. The van der Waals surface area contributed by atoms with E-state index in [4.69, 9.17) is 11.6 Å². The molecule has 0 saturated heterocycles. The first-order valence-corrected chi connectivity index (χ1v) is 10.7. The average molecular weight is 422 g/mol. The summed E-state index contributed by atoms with van der Waals surface area (Å²) >= 11 is 7.27. The van der Waals surface area contributed by atoms with Crippen molar-refractivity contribution in [3.63, 3.8) is 0 Å². The fourth-order valence-electron chi connectivity index (χ4n) is 2.35. The molecule has 6 nitrogen and oxygen atoms in total. The Labute approximate surface area is 166 Å². The van der Waals surface area contributed by atoms with Crippen LogP contribution in [-0.2, 0) is 16.4 Å². The molecule has 27 heavy (non-hydrogen) atoms. The summed E-state index contributed by atoms with van der Waals surface area (Å²) in [5.41, 5.74) is 1.33. The van der Waals surface area contributed by atoms with Gasteiger partial charge in [-0.3, -0.25) is 9.52 Å². The summed E-state index contributed by atoms with van der Waals surface area (Å²) in [6.45, 7) is 0.425. The summed E-state index contributed by atoms with van der Waals surface area (Å²) < 4.78 is 27.0. The molecule has 0 bridgehead atoms. The molecule has 0 unspecified atom stereocenters. The van der Waals surface area contributed by atoms with E-state index in [9.17, 15) is 13.2 Å². The standard InChI is InChI=1S/C18H16ClN3O3S2/c19-16-4-2-1-3-13(16)9-10-20-17(23)14-5-7-15(8-6-14)27(24,25)22-18-21-11-12-26-18/h1-8,11-12H,9-10H2,(H,20,23)(H,21,22). The van der Waals surface area contributed by atoms with Crippen molar-refractivity contribution in [2.45, 2.75) is 11.3 Å². The molecule has 0 aliphatic carbocycles. The summed E-state index contributed by atoms with van der Waals surface area (Å²) in [5, 5.41) is 5.42. The number of anilines is 1. The molecule has 140 valence electrons. The van der Waals surface area contributed by atoms with Crippen LogP contribution in [0.3, 0.4) is 0 Å². The fourth-order valence-corrected chi connectivity index (χ4v) is 4.37. The van der Waals surface area contributed by atoms with Crippen LogP contribution in [0.1, 0.15) is 15.9 Å². The Morgan fingerprint density at radius 1 is 1.11 bits per heavy atom. The minimum Gasteiger partial charge on any atom is -0.352 e. The highest BCUT2D eigenvalue weighted by Gasteiger charge is 2.16. The van der Waals surface area contributed by atoms with Gasteiger partial charge in [-0.2, -0.15) is 0 Å². The van der Waals surface area contributed by atoms with Gasteiger partial charge < -0.3 is 5.32 Å². The number of benzene rings is 2. The minimum absolute atomic E-state index is 0.0605. The second kappa shape index (κ2) is 8.51. The maximum Gasteiger partial charge on any atom is 0.263 e. The zero-order valence-corrected chi connectivity index (χ0v) is 16.4. The van der Waals surface area contributed by atoms with Crippen molar-refractivity contribution in [2.75, 3.05) is 11.3 Å². The van der Waals surface area contributed by atoms with Gasteiger partial charge >= 0.3 is 0 Å². The molecule has 2 N–H and O–H groups in total. The van der Waals surface area contributed by atoms with E-state index in [1.165, 1.54) is 41.8 Å². The molecule has 1 amide bonds. The lowest BCUT2D eigenvalue weighted by atomic mass is 10.1. The van der Waals surface area contributed by atoms with Crippen LogP contribution < -0.4 is 10.0 Å². The number of aromatic nitrogens is 1. The van der Waals surface area contributed by atoms with Crippen LogP contribution in [0.25, 0.3) is 0 Å². The van der Waals surface area contributed by atoms with Crippen molar-refractivity contribution in [3.8, 4) is 0 Å². The van der Waals surface area contributed by atoms with Crippen molar-refractivity contribution in [1.82, 2.24) is 10.3 Å². The second-order valence-electron chi connectivity index (χ2n) is 5.56. The highest BCUT2D eigenvalue weighted by Crippen LogP contribution is 2.18. The predicted molar refractivity (Wildman–Crippen MR) is 107 cm³/mol. The van der Waals surface area contributed by atoms with E-state index >= 15 is 0 Å². The summed E-state index contributed by atoms with van der Waals surface area (Å²) in [6, 6.07) is 13.2. The molecule has 0 aliphatic heterocycles. The minimum atomic E-state index is -3.73. The molecular weight excluding hydrogens is 406 g/mol. The van der Waals surface area contributed by atoms with Gasteiger partial charge in [0.25, 0.3) is 15.9 Å². The molecule has 3 aromatic rings. The molecule has 9 heteroatoms. The molecule has 3 rings (SSSR count). The largest absolute Gasteiger partial charge is 0.352 e. The van der Waals surface area contributed by atoms with Gasteiger partial charge in [0.1, 0.15) is 0 Å². The number of nitrogens with one attached hydrogen (secondary N) is 2. The first-order chi connectivity index (χ1) is 13.0. The van der Waals surface area contributed by atoms with Crippen molar-refractivity contribution >= 4 is 44.0 Å². The molecule has 0 radical (unpaired) electrons. The third-order valence-corrected chi connectivity index (χ3v) is 6.26. The molecule has 0 atom stereocenters. The number of thiazole rings is 1. The van der Waals surface area contributed by atoms with E-state index in [2.05, 4.69) is 15.0 Å². The van der Waals surface area contributed by atoms with Crippen molar-refractivity contribution < 1.29 is 13.2 Å². The van der Waals surface area contributed by atoms with E-state index in [0.29, 0.717) is 23.6 Å². The molecule has 1 aromatic heterocycles. The van der Waals surface area contributed by atoms with Crippen LogP contribution in [0.5, 0.6) is 0 Å². The summed E-state index contributed by atoms with van der Waals surface area (Å²) in [5.74, 6) is -0.279. The molecule has 0 saturated carbocycles. The normalized spacial score (nSPS) is 11.1. The molecule has 0 aliphatic rings. The molecule has 1 heterocycles. The van der Waals surface area contributed by atoms with Gasteiger partial charge in [0.15, 0.2) is 5.13 Å². The topological polar surface area (TPSA) is 88.2 Å². The number of carbonyl (C=O) groups excluding carboxylic acids is 1. The van der Waals surface area contributed by atoms with Crippen LogP contribution in [0, 0.1) is 0 Å². The summed E-state index contributed by atoms with van der Waals surface area (Å²) in [6.07, 6.45) is 2.12. The number of halogens is 1. The van der Waals surface area contributed by atoms with Crippen molar-refractivity contribution in [1.29, 1.82) is 0 Å². The molecule has 0 spiro atoms. The quantitative estimate of drug-likeness (QED) is 0.610.